The fourth-order valence-corrected chi connectivity index (χ4v) is 5.15. The number of aromatic nitrogens is 2. The molecule has 4 heterocycles. The molecule has 0 spiro atoms. The van der Waals surface area contributed by atoms with E-state index in [1.54, 1.807) is 6.07 Å². The molecule has 2 atom stereocenters. The van der Waals surface area contributed by atoms with Gasteiger partial charge >= 0.3 is 0 Å². The summed E-state index contributed by atoms with van der Waals surface area (Å²) in [5.41, 5.74) is 3.38. The van der Waals surface area contributed by atoms with Crippen LogP contribution in [0.3, 0.4) is 0 Å². The Bertz CT molecular complexity index is 1360. The Hall–Kier alpha value is -3.67. The molecule has 0 unspecified atom stereocenters. The number of rotatable bonds is 2. The largest absolute Gasteiger partial charge is 0.355 e. The maximum absolute atomic E-state index is 13.4. The molecular weight excluding hydrogens is 390 g/mol. The number of hydrogen-bond acceptors (Lipinski definition) is 4. The van der Waals surface area contributed by atoms with Gasteiger partial charge in [-0.15, -0.1) is 0 Å². The van der Waals surface area contributed by atoms with E-state index in [2.05, 4.69) is 5.16 Å². The third-order valence-electron chi connectivity index (χ3n) is 6.50. The van der Waals surface area contributed by atoms with Gasteiger partial charge in [-0.1, -0.05) is 41.6 Å². The number of amides is 1. The van der Waals surface area contributed by atoms with Crippen LogP contribution in [-0.4, -0.2) is 33.6 Å². The van der Waals surface area contributed by atoms with E-state index < -0.39 is 0 Å². The summed E-state index contributed by atoms with van der Waals surface area (Å²) in [6.45, 7) is 1.27. The van der Waals surface area contributed by atoms with Crippen molar-refractivity contribution in [2.24, 2.45) is 5.92 Å². The van der Waals surface area contributed by atoms with Crippen molar-refractivity contribution in [3.63, 3.8) is 0 Å². The minimum absolute atomic E-state index is 0.00996. The number of carbonyl (C=O) groups is 1. The molecule has 2 aliphatic heterocycles. The summed E-state index contributed by atoms with van der Waals surface area (Å²) in [7, 11) is 0. The summed E-state index contributed by atoms with van der Waals surface area (Å²) in [6.07, 6.45) is 1.78. The maximum Gasteiger partial charge on any atom is 0.253 e. The van der Waals surface area contributed by atoms with Gasteiger partial charge in [-0.2, -0.15) is 0 Å². The molecule has 31 heavy (non-hydrogen) atoms. The zero-order chi connectivity index (χ0) is 20.9. The monoisotopic (exact) mass is 411 g/mol. The first-order chi connectivity index (χ1) is 15.2. The topological polar surface area (TPSA) is 68.3 Å². The first-order valence-corrected chi connectivity index (χ1v) is 10.6. The van der Waals surface area contributed by atoms with Crippen molar-refractivity contribution in [3.8, 4) is 11.3 Å². The van der Waals surface area contributed by atoms with Crippen LogP contribution >= 0.6 is 0 Å². The second-order valence-electron chi connectivity index (χ2n) is 8.50. The van der Waals surface area contributed by atoms with Crippen molar-refractivity contribution in [1.82, 2.24) is 14.6 Å². The van der Waals surface area contributed by atoms with Gasteiger partial charge in [0, 0.05) is 36.0 Å². The molecule has 154 valence electrons. The fourth-order valence-electron chi connectivity index (χ4n) is 5.15. The Balaban J connectivity index is 1.34. The van der Waals surface area contributed by atoms with Crippen LogP contribution in [0.5, 0.6) is 0 Å². The molecule has 0 radical (unpaired) electrons. The third kappa shape index (κ3) is 2.98. The lowest BCUT2D eigenvalue weighted by Crippen LogP contribution is -2.50. The van der Waals surface area contributed by atoms with Gasteiger partial charge in [0.05, 0.1) is 11.4 Å². The minimum Gasteiger partial charge on any atom is -0.355 e. The van der Waals surface area contributed by atoms with Crippen LogP contribution in [-0.2, 0) is 6.42 Å². The van der Waals surface area contributed by atoms with E-state index >= 15 is 0 Å². The number of benzene rings is 2. The van der Waals surface area contributed by atoms with Crippen molar-refractivity contribution in [2.45, 2.75) is 18.9 Å². The van der Waals surface area contributed by atoms with Gasteiger partial charge in [-0.25, -0.2) is 0 Å². The summed E-state index contributed by atoms with van der Waals surface area (Å²) in [5.74, 6) is 1.04. The van der Waals surface area contributed by atoms with Crippen molar-refractivity contribution in [2.75, 3.05) is 13.1 Å². The Morgan fingerprint density at radius 1 is 1.00 bits per heavy atom. The van der Waals surface area contributed by atoms with Crippen LogP contribution in [0.4, 0.5) is 0 Å². The number of pyridine rings is 1. The van der Waals surface area contributed by atoms with Crippen LogP contribution in [0.2, 0.25) is 0 Å². The summed E-state index contributed by atoms with van der Waals surface area (Å²) in [6, 6.07) is 20.8. The second kappa shape index (κ2) is 6.94. The summed E-state index contributed by atoms with van der Waals surface area (Å²) in [5, 5.41) is 4.98. The van der Waals surface area contributed by atoms with E-state index in [0.29, 0.717) is 30.3 Å². The summed E-state index contributed by atoms with van der Waals surface area (Å²) >= 11 is 0. The molecule has 4 aromatic rings. The van der Waals surface area contributed by atoms with Crippen LogP contribution < -0.4 is 5.56 Å². The summed E-state index contributed by atoms with van der Waals surface area (Å²) in [4.78, 5) is 27.8. The van der Waals surface area contributed by atoms with E-state index in [0.717, 1.165) is 35.0 Å². The molecule has 2 bridgehead atoms. The maximum atomic E-state index is 13.4. The average Bonchev–Trinajstić information content (AvgIpc) is 3.22. The van der Waals surface area contributed by atoms with Crippen LogP contribution in [0.15, 0.2) is 76.0 Å². The van der Waals surface area contributed by atoms with Gasteiger partial charge in [0.2, 0.25) is 0 Å². The van der Waals surface area contributed by atoms with Gasteiger partial charge in [-0.3, -0.25) is 9.59 Å². The molecule has 1 fully saturated rings. The molecule has 0 N–H and O–H groups in total. The molecular formula is C25H21N3O3. The van der Waals surface area contributed by atoms with Gasteiger partial charge in [-0.05, 0) is 43.0 Å². The van der Waals surface area contributed by atoms with Gasteiger partial charge < -0.3 is 14.0 Å². The molecule has 1 saturated heterocycles. The standard InChI is InChI=1S/C25H21N3O3/c29-23-8-4-7-19-11-16-12-20(28(19)23)15-27(14-16)25(30)18-9-10-22-21(13-18)24(31-26-22)17-5-2-1-3-6-17/h1-10,13,16,20H,11-12,14-15H2/t16-,20-/m0/s1. The third-order valence-corrected chi connectivity index (χ3v) is 6.50. The highest BCUT2D eigenvalue weighted by Gasteiger charge is 2.36. The van der Waals surface area contributed by atoms with E-state index in [1.165, 1.54) is 0 Å². The Kier molecular flexibility index (Phi) is 4.06. The SMILES string of the molecule is O=C(c1ccc2noc(-c3ccccc3)c2c1)N1C[C@H]2Cc3cccc(=O)n3[C@@H](C2)C1. The van der Waals surface area contributed by atoms with Crippen molar-refractivity contribution in [3.05, 3.63) is 88.3 Å². The zero-order valence-corrected chi connectivity index (χ0v) is 16.9. The van der Waals surface area contributed by atoms with Gasteiger partial charge in [0.25, 0.3) is 11.5 Å². The predicted molar refractivity (Wildman–Crippen MR) is 117 cm³/mol. The second-order valence-corrected chi connectivity index (χ2v) is 8.50. The number of piperidine rings is 1. The Morgan fingerprint density at radius 3 is 2.74 bits per heavy atom. The Labute approximate surface area is 178 Å². The highest BCUT2D eigenvalue weighted by Crippen LogP contribution is 2.34. The van der Waals surface area contributed by atoms with Crippen molar-refractivity contribution < 1.29 is 9.32 Å². The average molecular weight is 411 g/mol. The van der Waals surface area contributed by atoms with E-state index in [-0.39, 0.29) is 17.5 Å². The van der Waals surface area contributed by atoms with E-state index in [1.807, 2.05) is 70.1 Å². The predicted octanol–water partition coefficient (Wildman–Crippen LogP) is 3.92. The van der Waals surface area contributed by atoms with Crippen LogP contribution in [0.25, 0.3) is 22.2 Å². The number of carbonyl (C=O) groups excluding carboxylic acids is 1. The highest BCUT2D eigenvalue weighted by atomic mass is 16.5. The number of fused-ring (bicyclic) bond motifs is 5. The number of likely N-dealkylation sites (tertiary alicyclic amines) is 1. The normalized spacial score (nSPS) is 19.9. The summed E-state index contributed by atoms with van der Waals surface area (Å²) < 4.78 is 7.46. The number of nitrogens with zero attached hydrogens (tertiary/aromatic N) is 3. The van der Waals surface area contributed by atoms with Gasteiger partial charge in [0.15, 0.2) is 5.76 Å². The Morgan fingerprint density at radius 2 is 1.87 bits per heavy atom. The molecule has 0 saturated carbocycles. The molecule has 2 aliphatic rings. The molecule has 0 aliphatic carbocycles. The van der Waals surface area contributed by atoms with Crippen molar-refractivity contribution in [1.29, 1.82) is 0 Å². The zero-order valence-electron chi connectivity index (χ0n) is 16.9. The van der Waals surface area contributed by atoms with Crippen molar-refractivity contribution >= 4 is 16.8 Å². The molecule has 2 aromatic heterocycles. The first kappa shape index (κ1) is 18.1. The molecule has 6 heteroatoms. The van der Waals surface area contributed by atoms with E-state index in [9.17, 15) is 9.59 Å². The van der Waals surface area contributed by atoms with Crippen LogP contribution in [0.1, 0.15) is 28.5 Å². The van der Waals surface area contributed by atoms with Gasteiger partial charge in [0.1, 0.15) is 5.52 Å². The lowest BCUT2D eigenvalue weighted by Gasteiger charge is -2.43. The lowest BCUT2D eigenvalue weighted by atomic mass is 9.85. The molecule has 2 aromatic carbocycles. The molecule has 6 nitrogen and oxygen atoms in total. The first-order valence-electron chi connectivity index (χ1n) is 10.6. The fraction of sp³-hybridized carbons (Fsp3) is 0.240. The molecule has 6 rings (SSSR count). The molecule has 1 amide bonds. The van der Waals surface area contributed by atoms with Crippen LogP contribution in [0, 0.1) is 5.92 Å². The minimum atomic E-state index is -0.00996. The smallest absolute Gasteiger partial charge is 0.253 e. The lowest BCUT2D eigenvalue weighted by molar-refractivity contribution is 0.0559. The highest BCUT2D eigenvalue weighted by molar-refractivity contribution is 6.01. The number of hydrogen-bond donors (Lipinski definition) is 0. The van der Waals surface area contributed by atoms with E-state index in [4.69, 9.17) is 4.52 Å². The quantitative estimate of drug-likeness (QED) is 0.501.